The lowest BCUT2D eigenvalue weighted by Crippen LogP contribution is -2.32. The van der Waals surface area contributed by atoms with E-state index in [4.69, 9.17) is 0 Å². The smallest absolute Gasteiger partial charge is 0.406 e. The molecule has 136 valence electrons. The Hall–Kier alpha value is -2.62. The first kappa shape index (κ1) is 18.2. The van der Waals surface area contributed by atoms with E-state index in [0.717, 1.165) is 22.6 Å². The van der Waals surface area contributed by atoms with Gasteiger partial charge in [0.05, 0.1) is 5.69 Å². The van der Waals surface area contributed by atoms with Gasteiger partial charge in [-0.1, -0.05) is 0 Å². The third-order valence-corrected chi connectivity index (χ3v) is 4.30. The highest BCUT2D eigenvalue weighted by molar-refractivity contribution is 9.10. The number of urea groups is 1. The van der Waals surface area contributed by atoms with Gasteiger partial charge in [0.1, 0.15) is 12.3 Å². The molecule has 1 fully saturated rings. The summed E-state index contributed by atoms with van der Waals surface area (Å²) >= 11 is 3.33. The number of imide groups is 1. The average molecular weight is 430 g/mol. The zero-order chi connectivity index (χ0) is 18.9. The second-order valence-electron chi connectivity index (χ2n) is 5.38. The van der Waals surface area contributed by atoms with Gasteiger partial charge < -0.3 is 9.64 Å². The van der Waals surface area contributed by atoms with Gasteiger partial charge in [-0.05, 0) is 51.8 Å². The SMILES string of the molecule is O=C1CN(Cc2ccncc2Br)C(=O)N1c1ccc(OC(F)(F)F)cc1. The number of anilines is 1. The first-order valence-electron chi connectivity index (χ1n) is 7.30. The highest BCUT2D eigenvalue weighted by Gasteiger charge is 2.37. The number of nitrogens with zero attached hydrogens (tertiary/aromatic N) is 3. The van der Waals surface area contributed by atoms with Crippen molar-refractivity contribution in [2.45, 2.75) is 12.9 Å². The minimum Gasteiger partial charge on any atom is -0.406 e. The van der Waals surface area contributed by atoms with Crippen molar-refractivity contribution in [1.29, 1.82) is 0 Å². The van der Waals surface area contributed by atoms with Crippen LogP contribution in [0.25, 0.3) is 0 Å². The molecule has 3 amide bonds. The molecule has 2 aromatic rings. The van der Waals surface area contributed by atoms with Crippen molar-refractivity contribution in [2.24, 2.45) is 0 Å². The van der Waals surface area contributed by atoms with Crippen LogP contribution in [0.15, 0.2) is 47.2 Å². The van der Waals surface area contributed by atoms with Crippen LogP contribution >= 0.6 is 15.9 Å². The zero-order valence-corrected chi connectivity index (χ0v) is 14.6. The molecule has 3 rings (SSSR count). The maximum atomic E-state index is 12.5. The van der Waals surface area contributed by atoms with Crippen molar-refractivity contribution in [3.63, 3.8) is 0 Å². The van der Waals surface area contributed by atoms with Crippen molar-refractivity contribution in [3.8, 4) is 5.75 Å². The molecule has 6 nitrogen and oxygen atoms in total. The summed E-state index contributed by atoms with van der Waals surface area (Å²) in [6, 6.07) is 5.71. The number of halogens is 4. The minimum atomic E-state index is -4.81. The first-order valence-corrected chi connectivity index (χ1v) is 8.10. The van der Waals surface area contributed by atoms with E-state index in [9.17, 15) is 22.8 Å². The van der Waals surface area contributed by atoms with E-state index >= 15 is 0 Å². The molecule has 0 spiro atoms. The summed E-state index contributed by atoms with van der Waals surface area (Å²) in [6.45, 7) is 0.0633. The second-order valence-corrected chi connectivity index (χ2v) is 6.23. The van der Waals surface area contributed by atoms with Crippen LogP contribution in [0.5, 0.6) is 5.75 Å². The Balaban J connectivity index is 1.76. The van der Waals surface area contributed by atoms with Gasteiger partial charge in [-0.25, -0.2) is 9.69 Å². The standard InChI is InChI=1S/C16H11BrF3N3O3/c17-13-7-21-6-5-10(13)8-22-9-14(24)23(15(22)25)11-1-3-12(4-2-11)26-16(18,19)20/h1-7H,8-9H2. The molecule has 0 N–H and O–H groups in total. The van der Waals surface area contributed by atoms with Crippen LogP contribution in [0.4, 0.5) is 23.7 Å². The number of carbonyl (C=O) groups excluding carboxylic acids is 2. The van der Waals surface area contributed by atoms with Gasteiger partial charge in [0, 0.05) is 23.4 Å². The normalized spacial score (nSPS) is 14.9. The second kappa shape index (κ2) is 6.94. The maximum Gasteiger partial charge on any atom is 0.573 e. The summed E-state index contributed by atoms with van der Waals surface area (Å²) in [5.41, 5.74) is 0.947. The molecule has 2 heterocycles. The van der Waals surface area contributed by atoms with Gasteiger partial charge in [0.25, 0.3) is 5.91 Å². The fourth-order valence-corrected chi connectivity index (χ4v) is 2.84. The highest BCUT2D eigenvalue weighted by atomic mass is 79.9. The van der Waals surface area contributed by atoms with E-state index in [2.05, 4.69) is 25.7 Å². The molecule has 10 heteroatoms. The predicted molar refractivity (Wildman–Crippen MR) is 88.4 cm³/mol. The molecule has 0 bridgehead atoms. The first-order chi connectivity index (χ1) is 12.2. The van der Waals surface area contributed by atoms with E-state index in [1.165, 1.54) is 17.0 Å². The largest absolute Gasteiger partial charge is 0.573 e. The third-order valence-electron chi connectivity index (χ3n) is 3.58. The Kier molecular flexibility index (Phi) is 4.86. The van der Waals surface area contributed by atoms with E-state index in [1.807, 2.05) is 0 Å². The lowest BCUT2D eigenvalue weighted by atomic mass is 10.2. The summed E-state index contributed by atoms with van der Waals surface area (Å²) in [5, 5.41) is 0. The average Bonchev–Trinajstić information content (AvgIpc) is 2.83. The number of hydrogen-bond donors (Lipinski definition) is 0. The molecular formula is C16H11BrF3N3O3. The fourth-order valence-electron chi connectivity index (χ4n) is 2.46. The zero-order valence-electron chi connectivity index (χ0n) is 13.0. The third kappa shape index (κ3) is 3.96. The molecule has 0 aliphatic carbocycles. The Morgan fingerprint density at radius 2 is 1.85 bits per heavy atom. The van der Waals surface area contributed by atoms with Crippen LogP contribution in [0.2, 0.25) is 0 Å². The molecule has 1 aliphatic heterocycles. The molecular weight excluding hydrogens is 419 g/mol. The van der Waals surface area contributed by atoms with Gasteiger partial charge >= 0.3 is 12.4 Å². The Morgan fingerprint density at radius 1 is 1.15 bits per heavy atom. The predicted octanol–water partition coefficient (Wildman–Crippen LogP) is 3.71. The molecule has 26 heavy (non-hydrogen) atoms. The van der Waals surface area contributed by atoms with Gasteiger partial charge in [0.2, 0.25) is 0 Å². The number of alkyl halides is 3. The number of rotatable bonds is 4. The molecule has 0 radical (unpaired) electrons. The van der Waals surface area contributed by atoms with Crippen LogP contribution in [0, 0.1) is 0 Å². The summed E-state index contributed by atoms with van der Waals surface area (Å²) in [6.07, 6.45) is -1.66. The number of ether oxygens (including phenoxy) is 1. The van der Waals surface area contributed by atoms with Crippen molar-refractivity contribution < 1.29 is 27.5 Å². The Labute approximate surface area is 154 Å². The van der Waals surface area contributed by atoms with Crippen LogP contribution in [-0.4, -0.2) is 34.7 Å². The van der Waals surface area contributed by atoms with Crippen molar-refractivity contribution in [2.75, 3.05) is 11.4 Å². The van der Waals surface area contributed by atoms with Crippen LogP contribution in [0.1, 0.15) is 5.56 Å². The van der Waals surface area contributed by atoms with Gasteiger partial charge in [-0.15, -0.1) is 13.2 Å². The molecule has 1 aliphatic rings. The Morgan fingerprint density at radius 3 is 2.46 bits per heavy atom. The molecule has 1 aromatic heterocycles. The minimum absolute atomic E-state index is 0.131. The van der Waals surface area contributed by atoms with E-state index in [-0.39, 0.29) is 18.8 Å². The number of hydrogen-bond acceptors (Lipinski definition) is 4. The number of aromatic nitrogens is 1. The quantitative estimate of drug-likeness (QED) is 0.695. The van der Waals surface area contributed by atoms with Crippen LogP contribution in [0.3, 0.4) is 0 Å². The lowest BCUT2D eigenvalue weighted by Gasteiger charge is -2.18. The van der Waals surface area contributed by atoms with Gasteiger partial charge in [-0.2, -0.15) is 0 Å². The lowest BCUT2D eigenvalue weighted by molar-refractivity contribution is -0.274. The Bertz CT molecular complexity index is 843. The number of carbonyl (C=O) groups is 2. The monoisotopic (exact) mass is 429 g/mol. The highest BCUT2D eigenvalue weighted by Crippen LogP contribution is 2.28. The van der Waals surface area contributed by atoms with E-state index in [1.54, 1.807) is 18.5 Å². The van der Waals surface area contributed by atoms with Crippen molar-refractivity contribution in [3.05, 3.63) is 52.8 Å². The van der Waals surface area contributed by atoms with E-state index in [0.29, 0.717) is 4.47 Å². The topological polar surface area (TPSA) is 62.7 Å². The summed E-state index contributed by atoms with van der Waals surface area (Å²) in [4.78, 5) is 30.9. The molecule has 0 atom stereocenters. The van der Waals surface area contributed by atoms with Crippen molar-refractivity contribution >= 4 is 33.6 Å². The van der Waals surface area contributed by atoms with Crippen molar-refractivity contribution in [1.82, 2.24) is 9.88 Å². The summed E-state index contributed by atoms with van der Waals surface area (Å²) in [7, 11) is 0. The number of pyridine rings is 1. The fraction of sp³-hybridized carbons (Fsp3) is 0.188. The number of amides is 3. The van der Waals surface area contributed by atoms with Gasteiger partial charge in [0.15, 0.2) is 0 Å². The molecule has 0 saturated carbocycles. The van der Waals surface area contributed by atoms with E-state index < -0.39 is 24.1 Å². The summed E-state index contributed by atoms with van der Waals surface area (Å²) in [5.74, 6) is -0.900. The maximum absolute atomic E-state index is 12.5. The van der Waals surface area contributed by atoms with Crippen LogP contribution < -0.4 is 9.64 Å². The van der Waals surface area contributed by atoms with Crippen LogP contribution in [-0.2, 0) is 11.3 Å². The molecule has 0 unspecified atom stereocenters. The van der Waals surface area contributed by atoms with Gasteiger partial charge in [-0.3, -0.25) is 9.78 Å². The summed E-state index contributed by atoms with van der Waals surface area (Å²) < 4.78 is 41.1. The molecule has 1 saturated heterocycles. The number of benzene rings is 1. The molecule has 1 aromatic carbocycles.